The van der Waals surface area contributed by atoms with Crippen molar-refractivity contribution in [1.82, 2.24) is 4.98 Å². The van der Waals surface area contributed by atoms with Crippen molar-refractivity contribution in [2.45, 2.75) is 0 Å². The van der Waals surface area contributed by atoms with Gasteiger partial charge in [0, 0.05) is 18.7 Å². The summed E-state index contributed by atoms with van der Waals surface area (Å²) in [4.78, 5) is 14.4. The van der Waals surface area contributed by atoms with Gasteiger partial charge in [-0.2, -0.15) is 0 Å². The predicted octanol–water partition coefficient (Wildman–Crippen LogP) is 1.54. The molecule has 1 aromatic carbocycles. The van der Waals surface area contributed by atoms with Gasteiger partial charge in [0.25, 0.3) is 0 Å². The van der Waals surface area contributed by atoms with E-state index in [0.29, 0.717) is 0 Å². The van der Waals surface area contributed by atoms with Gasteiger partial charge < -0.3 is 10.2 Å². The fraction of sp³-hybridized carbons (Fsp3) is 0.0909. The lowest BCUT2D eigenvalue weighted by Gasteiger charge is -1.97. The molecule has 4 heteroatoms. The molecule has 0 amide bonds. The molecule has 0 fully saturated rings. The number of carbonyl (C=O) groups is 1. The van der Waals surface area contributed by atoms with Crippen molar-refractivity contribution in [3.05, 3.63) is 42.2 Å². The number of nitrogens with zero attached hydrogens (tertiary/aromatic N) is 1. The van der Waals surface area contributed by atoms with Crippen LogP contribution < -0.4 is 0 Å². The number of aromatic carboxylic acids is 1. The summed E-state index contributed by atoms with van der Waals surface area (Å²) < 4.78 is 0. The molecule has 2 rings (SSSR count). The Hall–Kier alpha value is -1.94. The van der Waals surface area contributed by atoms with Crippen LogP contribution in [0.1, 0.15) is 10.5 Å². The molecule has 0 bridgehead atoms. The third kappa shape index (κ3) is 2.51. The number of fused-ring (bicyclic) bond motifs is 1. The molecule has 2 N–H and O–H groups in total. The first-order valence-electron chi connectivity index (χ1n) is 4.30. The first-order chi connectivity index (χ1) is 7.27. The van der Waals surface area contributed by atoms with Gasteiger partial charge in [-0.05, 0) is 11.5 Å². The Morgan fingerprint density at radius 1 is 1.20 bits per heavy atom. The van der Waals surface area contributed by atoms with E-state index in [4.69, 9.17) is 10.2 Å². The summed E-state index contributed by atoms with van der Waals surface area (Å²) in [5.74, 6) is -0.995. The molecule has 1 aromatic heterocycles. The van der Waals surface area contributed by atoms with E-state index in [0.717, 1.165) is 17.9 Å². The summed E-state index contributed by atoms with van der Waals surface area (Å²) in [5.41, 5.74) is 0.0821. The van der Waals surface area contributed by atoms with Crippen molar-refractivity contribution in [3.8, 4) is 0 Å². The van der Waals surface area contributed by atoms with Gasteiger partial charge in [-0.3, -0.25) is 0 Å². The van der Waals surface area contributed by atoms with Crippen molar-refractivity contribution in [2.24, 2.45) is 0 Å². The third-order valence-corrected chi connectivity index (χ3v) is 1.85. The highest BCUT2D eigenvalue weighted by Crippen LogP contribution is 2.12. The molecule has 15 heavy (non-hydrogen) atoms. The maximum atomic E-state index is 10.6. The van der Waals surface area contributed by atoms with Gasteiger partial charge in [0.2, 0.25) is 0 Å². The highest BCUT2D eigenvalue weighted by molar-refractivity contribution is 5.91. The summed E-state index contributed by atoms with van der Waals surface area (Å²) in [6, 6.07) is 9.09. The first-order valence-corrected chi connectivity index (χ1v) is 4.30. The van der Waals surface area contributed by atoms with Crippen LogP contribution in [0.25, 0.3) is 10.8 Å². The molecule has 0 spiro atoms. The van der Waals surface area contributed by atoms with Crippen molar-refractivity contribution in [3.63, 3.8) is 0 Å². The zero-order chi connectivity index (χ0) is 11.3. The summed E-state index contributed by atoms with van der Waals surface area (Å²) in [7, 11) is 1.00. The smallest absolute Gasteiger partial charge is 0.354 e. The highest BCUT2D eigenvalue weighted by Gasteiger charge is 2.03. The maximum Gasteiger partial charge on any atom is 0.354 e. The SMILES string of the molecule is CO.O=C(O)c1cc2ccccc2cn1. The van der Waals surface area contributed by atoms with Crippen molar-refractivity contribution in [1.29, 1.82) is 0 Å². The van der Waals surface area contributed by atoms with Crippen LogP contribution in [-0.4, -0.2) is 28.3 Å². The second-order valence-electron chi connectivity index (χ2n) is 2.72. The van der Waals surface area contributed by atoms with Gasteiger partial charge in [-0.1, -0.05) is 24.3 Å². The van der Waals surface area contributed by atoms with E-state index in [-0.39, 0.29) is 5.69 Å². The lowest BCUT2D eigenvalue weighted by atomic mass is 10.1. The monoisotopic (exact) mass is 205 g/mol. The number of hydrogen-bond donors (Lipinski definition) is 2. The van der Waals surface area contributed by atoms with Gasteiger partial charge in [-0.15, -0.1) is 0 Å². The number of pyridine rings is 1. The number of rotatable bonds is 1. The van der Waals surface area contributed by atoms with Gasteiger partial charge >= 0.3 is 5.97 Å². The molecule has 0 saturated carbocycles. The molecule has 0 aliphatic carbocycles. The average Bonchev–Trinajstić information content (AvgIpc) is 2.31. The van der Waals surface area contributed by atoms with Crippen LogP contribution in [0.15, 0.2) is 36.5 Å². The lowest BCUT2D eigenvalue weighted by molar-refractivity contribution is 0.0690. The Balaban J connectivity index is 0.000000531. The molecular formula is C11H11NO3. The van der Waals surface area contributed by atoms with E-state index < -0.39 is 5.97 Å². The predicted molar refractivity (Wildman–Crippen MR) is 56.8 cm³/mol. The fourth-order valence-electron chi connectivity index (χ4n) is 1.20. The van der Waals surface area contributed by atoms with Crippen molar-refractivity contribution >= 4 is 16.7 Å². The van der Waals surface area contributed by atoms with Crippen LogP contribution in [0.2, 0.25) is 0 Å². The minimum absolute atomic E-state index is 0.0821. The van der Waals surface area contributed by atoms with Crippen LogP contribution in [0.5, 0.6) is 0 Å². The number of benzene rings is 1. The molecular weight excluding hydrogens is 194 g/mol. The van der Waals surface area contributed by atoms with Crippen LogP contribution in [0, 0.1) is 0 Å². The summed E-state index contributed by atoms with van der Waals surface area (Å²) in [6.07, 6.45) is 1.57. The van der Waals surface area contributed by atoms with E-state index in [1.807, 2.05) is 24.3 Å². The van der Waals surface area contributed by atoms with Crippen LogP contribution in [0.4, 0.5) is 0 Å². The fourth-order valence-corrected chi connectivity index (χ4v) is 1.20. The van der Waals surface area contributed by atoms with E-state index in [1.54, 1.807) is 12.3 Å². The normalized spacial score (nSPS) is 9.20. The van der Waals surface area contributed by atoms with E-state index in [1.165, 1.54) is 0 Å². The van der Waals surface area contributed by atoms with Gasteiger partial charge in [0.05, 0.1) is 0 Å². The van der Waals surface area contributed by atoms with E-state index >= 15 is 0 Å². The second-order valence-corrected chi connectivity index (χ2v) is 2.72. The van der Waals surface area contributed by atoms with Crippen molar-refractivity contribution in [2.75, 3.05) is 7.11 Å². The molecule has 0 unspecified atom stereocenters. The number of carboxylic acid groups (broad SMARTS) is 1. The largest absolute Gasteiger partial charge is 0.477 e. The summed E-state index contributed by atoms with van der Waals surface area (Å²) in [5, 5.41) is 17.5. The minimum atomic E-state index is -0.995. The number of aromatic nitrogens is 1. The van der Waals surface area contributed by atoms with Gasteiger partial charge in [-0.25, -0.2) is 9.78 Å². The minimum Gasteiger partial charge on any atom is -0.477 e. The molecule has 2 aromatic rings. The summed E-state index contributed by atoms with van der Waals surface area (Å²) in [6.45, 7) is 0. The van der Waals surface area contributed by atoms with Crippen LogP contribution in [0.3, 0.4) is 0 Å². The zero-order valence-corrected chi connectivity index (χ0v) is 8.21. The van der Waals surface area contributed by atoms with E-state index in [9.17, 15) is 4.79 Å². The Morgan fingerprint density at radius 3 is 2.40 bits per heavy atom. The molecule has 4 nitrogen and oxygen atoms in total. The second kappa shape index (κ2) is 5.07. The topological polar surface area (TPSA) is 70.4 Å². The standard InChI is InChI=1S/C10H7NO2.CH4O/c12-10(13)9-5-7-3-1-2-4-8(7)6-11-9;1-2/h1-6H,(H,12,13);2H,1H3. The van der Waals surface area contributed by atoms with Crippen molar-refractivity contribution < 1.29 is 15.0 Å². The maximum absolute atomic E-state index is 10.6. The number of carboxylic acids is 1. The van der Waals surface area contributed by atoms with Gasteiger partial charge in [0.15, 0.2) is 0 Å². The molecule has 0 saturated heterocycles. The molecule has 78 valence electrons. The van der Waals surface area contributed by atoms with Crippen LogP contribution in [-0.2, 0) is 0 Å². The Morgan fingerprint density at radius 2 is 1.80 bits per heavy atom. The summed E-state index contributed by atoms with van der Waals surface area (Å²) >= 11 is 0. The number of aliphatic hydroxyl groups excluding tert-OH is 1. The highest BCUT2D eigenvalue weighted by atomic mass is 16.4. The molecule has 0 aliphatic rings. The van der Waals surface area contributed by atoms with E-state index in [2.05, 4.69) is 4.98 Å². The average molecular weight is 205 g/mol. The molecule has 0 atom stereocenters. The Bertz CT molecular complexity index is 468. The third-order valence-electron chi connectivity index (χ3n) is 1.85. The van der Waals surface area contributed by atoms with Crippen LogP contribution >= 0.6 is 0 Å². The molecule has 1 heterocycles. The number of aliphatic hydroxyl groups is 1. The quantitative estimate of drug-likeness (QED) is 0.740. The lowest BCUT2D eigenvalue weighted by Crippen LogP contribution is -1.98. The number of hydrogen-bond acceptors (Lipinski definition) is 3. The first kappa shape index (κ1) is 11.1. The molecule has 0 radical (unpaired) electrons. The van der Waals surface area contributed by atoms with Gasteiger partial charge in [0.1, 0.15) is 5.69 Å². The Kier molecular flexibility index (Phi) is 3.76. The Labute approximate surface area is 86.8 Å². The zero-order valence-electron chi connectivity index (χ0n) is 8.21. The molecule has 0 aliphatic heterocycles.